The third-order valence-corrected chi connectivity index (χ3v) is 7.92. The van der Waals surface area contributed by atoms with E-state index in [9.17, 15) is 9.90 Å². The van der Waals surface area contributed by atoms with Crippen molar-refractivity contribution in [3.05, 3.63) is 0 Å². The third kappa shape index (κ3) is 1.02. The number of aliphatic hydroxyl groups excluding tert-OH is 2. The van der Waals surface area contributed by atoms with Crippen LogP contribution in [0.15, 0.2) is 0 Å². The van der Waals surface area contributed by atoms with Gasteiger partial charge in [-0.15, -0.1) is 0 Å². The van der Waals surface area contributed by atoms with Crippen LogP contribution in [0.3, 0.4) is 0 Å². The van der Waals surface area contributed by atoms with E-state index in [1.807, 2.05) is 0 Å². The first-order chi connectivity index (χ1) is 6.65. The molecule has 1 unspecified atom stereocenters. The molecule has 5 atom stereocenters. The van der Waals surface area contributed by atoms with Gasteiger partial charge in [-0.2, -0.15) is 0 Å². The van der Waals surface area contributed by atoms with E-state index in [-0.39, 0.29) is 6.61 Å². The van der Waals surface area contributed by atoms with Crippen LogP contribution in [-0.4, -0.2) is 67.7 Å². The summed E-state index contributed by atoms with van der Waals surface area (Å²) in [6.45, 7) is -0.231. The van der Waals surface area contributed by atoms with Crippen LogP contribution in [0.4, 0.5) is 0 Å². The van der Waals surface area contributed by atoms with Crippen molar-refractivity contribution in [2.75, 3.05) is 6.61 Å². The molecule has 3 saturated heterocycles. The molecule has 3 aliphatic rings. The molecule has 14 heavy (non-hydrogen) atoms. The van der Waals surface area contributed by atoms with Crippen molar-refractivity contribution in [3.63, 3.8) is 0 Å². The van der Waals surface area contributed by atoms with E-state index in [2.05, 4.69) is 0 Å². The van der Waals surface area contributed by atoms with Crippen molar-refractivity contribution in [2.24, 2.45) is 0 Å². The van der Waals surface area contributed by atoms with E-state index in [4.69, 9.17) is 17.2 Å². The zero-order valence-corrected chi connectivity index (χ0v) is 9.45. The van der Waals surface area contributed by atoms with Gasteiger partial charge in [0, 0.05) is 0 Å². The molecule has 3 bridgehead atoms. The summed E-state index contributed by atoms with van der Waals surface area (Å²) in [5.41, 5.74) is 0. The number of carbonyl (C=O) groups is 1. The summed E-state index contributed by atoms with van der Waals surface area (Å²) in [5, 5.41) is 18.4. The summed E-state index contributed by atoms with van der Waals surface area (Å²) in [4.78, 5) is 11.1. The second-order valence-corrected chi connectivity index (χ2v) is 8.15. The molecular formula is C6H8O7Sb-. The Kier molecular flexibility index (Phi) is 1.87. The van der Waals surface area contributed by atoms with Gasteiger partial charge in [0.2, 0.25) is 0 Å². The molecule has 0 radical (unpaired) electrons. The van der Waals surface area contributed by atoms with E-state index in [1.54, 1.807) is 0 Å². The van der Waals surface area contributed by atoms with Gasteiger partial charge in [0.15, 0.2) is 0 Å². The van der Waals surface area contributed by atoms with Crippen molar-refractivity contribution in [1.82, 2.24) is 0 Å². The predicted molar refractivity (Wildman–Crippen MR) is 39.6 cm³/mol. The average Bonchev–Trinajstić information content (AvgIpc) is 2.66. The van der Waals surface area contributed by atoms with E-state index in [0.717, 1.165) is 0 Å². The maximum absolute atomic E-state index is 11.1. The molecule has 1 spiro atoms. The zero-order chi connectivity index (χ0) is 9.92. The van der Waals surface area contributed by atoms with Crippen molar-refractivity contribution in [1.29, 1.82) is 0 Å². The van der Waals surface area contributed by atoms with Crippen LogP contribution in [0.5, 0.6) is 0 Å². The van der Waals surface area contributed by atoms with Gasteiger partial charge in [0.25, 0.3) is 0 Å². The SMILES string of the molecule is O=C1[O][Sb-]23[O][C@H]([C@H]([O]2)[C@@H](CO)[O]3)[C@H]1O. The Morgan fingerprint density at radius 2 is 2.00 bits per heavy atom. The topological polar surface area (TPSA) is 94.5 Å². The predicted octanol–water partition coefficient (Wildman–Crippen LogP) is -2.49. The number of hydrogen-bond donors (Lipinski definition) is 2. The van der Waals surface area contributed by atoms with Gasteiger partial charge in [-0.05, 0) is 0 Å². The summed E-state index contributed by atoms with van der Waals surface area (Å²) >= 11 is -4.00. The summed E-state index contributed by atoms with van der Waals surface area (Å²) in [6, 6.07) is 0. The molecule has 0 aliphatic carbocycles. The first-order valence-electron chi connectivity index (χ1n) is 4.12. The van der Waals surface area contributed by atoms with Gasteiger partial charge < -0.3 is 0 Å². The van der Waals surface area contributed by atoms with Crippen LogP contribution in [0, 0.1) is 0 Å². The molecular weight excluding hydrogens is 306 g/mol. The molecule has 7 nitrogen and oxygen atoms in total. The summed E-state index contributed by atoms with van der Waals surface area (Å²) < 4.78 is 20.6. The molecule has 3 rings (SSSR count). The van der Waals surface area contributed by atoms with E-state index >= 15 is 0 Å². The van der Waals surface area contributed by atoms with Crippen LogP contribution in [0.25, 0.3) is 0 Å². The summed E-state index contributed by atoms with van der Waals surface area (Å²) in [7, 11) is 0. The van der Waals surface area contributed by atoms with Crippen LogP contribution >= 0.6 is 0 Å². The number of hydrogen-bond acceptors (Lipinski definition) is 7. The summed E-state index contributed by atoms with van der Waals surface area (Å²) in [5.74, 6) is -0.744. The second-order valence-electron chi connectivity index (χ2n) is 3.27. The Morgan fingerprint density at radius 3 is 2.71 bits per heavy atom. The number of carbonyl (C=O) groups excluding carboxylic acids is 1. The Hall–Kier alpha value is 0.0882. The molecule has 3 aliphatic heterocycles. The van der Waals surface area contributed by atoms with Gasteiger partial charge in [-0.25, -0.2) is 0 Å². The Morgan fingerprint density at radius 1 is 1.29 bits per heavy atom. The molecule has 3 fully saturated rings. The molecule has 2 N–H and O–H groups in total. The fourth-order valence-electron chi connectivity index (χ4n) is 1.74. The molecule has 0 aromatic rings. The molecule has 0 saturated carbocycles. The minimum absolute atomic E-state index is 0.231. The third-order valence-electron chi connectivity index (χ3n) is 2.39. The van der Waals surface area contributed by atoms with Crippen LogP contribution in [-0.2, 0) is 16.9 Å². The van der Waals surface area contributed by atoms with Crippen LogP contribution in [0.2, 0.25) is 0 Å². The van der Waals surface area contributed by atoms with Gasteiger partial charge in [0.05, 0.1) is 0 Å². The average molecular weight is 314 g/mol. The van der Waals surface area contributed by atoms with Crippen molar-refractivity contribution >= 4 is 26.5 Å². The molecule has 3 heterocycles. The monoisotopic (exact) mass is 313 g/mol. The quantitative estimate of drug-likeness (QED) is 0.517. The fourth-order valence-corrected chi connectivity index (χ4v) is 8.05. The zero-order valence-electron chi connectivity index (χ0n) is 6.90. The second kappa shape index (κ2) is 2.81. The fraction of sp³-hybridized carbons (Fsp3) is 0.833. The maximum atomic E-state index is 11.1. The van der Waals surface area contributed by atoms with Crippen molar-refractivity contribution in [2.45, 2.75) is 24.4 Å². The Labute approximate surface area is 84.8 Å². The summed E-state index contributed by atoms with van der Waals surface area (Å²) in [6.07, 6.45) is -3.18. The molecule has 80 valence electrons. The Balaban J connectivity index is 1.94. The van der Waals surface area contributed by atoms with E-state index in [1.165, 1.54) is 0 Å². The van der Waals surface area contributed by atoms with E-state index in [0.29, 0.717) is 0 Å². The molecule has 0 amide bonds. The van der Waals surface area contributed by atoms with E-state index < -0.39 is 50.9 Å². The van der Waals surface area contributed by atoms with Gasteiger partial charge in [-0.3, -0.25) is 0 Å². The Bertz CT molecular complexity index is 292. The number of rotatable bonds is 1. The normalized spacial score (nSPS) is 59.4. The van der Waals surface area contributed by atoms with Gasteiger partial charge in [-0.1, -0.05) is 0 Å². The first kappa shape index (κ1) is 9.32. The minimum atomic E-state index is -4.00. The molecule has 8 heteroatoms. The van der Waals surface area contributed by atoms with Crippen molar-refractivity contribution < 1.29 is 27.1 Å². The molecule has 0 aromatic carbocycles. The standard InChI is InChI=1S/C6H9O7.Sb/c7-1-2(8)3(9)4(10)5(11)6(12)13;/h2-5,7,11H,1H2,(H,12,13);/q-3;+3/p-1/t2-,3-,4-,5-;/m1./s1. The number of fused-ring (bicyclic) bond motifs is 3. The van der Waals surface area contributed by atoms with Crippen LogP contribution < -0.4 is 0 Å². The van der Waals surface area contributed by atoms with Gasteiger partial charge in [0.1, 0.15) is 0 Å². The van der Waals surface area contributed by atoms with Crippen LogP contribution in [0.1, 0.15) is 0 Å². The van der Waals surface area contributed by atoms with Gasteiger partial charge >= 0.3 is 84.5 Å². The first-order valence-corrected chi connectivity index (χ1v) is 8.29. The van der Waals surface area contributed by atoms with Crippen molar-refractivity contribution in [3.8, 4) is 0 Å². The number of aliphatic hydroxyl groups is 2. The molecule has 0 aromatic heterocycles.